The largest absolute Gasteiger partial charge is 0.493 e. The van der Waals surface area contributed by atoms with Crippen LogP contribution in [0.3, 0.4) is 0 Å². The van der Waals surface area contributed by atoms with Crippen molar-refractivity contribution in [3.63, 3.8) is 0 Å². The number of fused-ring (bicyclic) bond motifs is 3. The van der Waals surface area contributed by atoms with E-state index in [1.807, 2.05) is 17.7 Å². The maximum atomic E-state index is 16.7. The zero-order valence-corrected chi connectivity index (χ0v) is 25.8. The fourth-order valence-corrected chi connectivity index (χ4v) is 7.59. The second-order valence-electron chi connectivity index (χ2n) is 12.9. The van der Waals surface area contributed by atoms with E-state index in [9.17, 15) is 14.3 Å². The standard InChI is InChI=1S/C33H38F2N6O5/c1-19-13-24-22(16-37-41(24)25-8-4-5-12-45-25)27(21(19)7-2-3-9-26(42)43)30-28(35)29-23(15-36-30)31(44)39-32(38-29)46-18-33-10-6-11-40(33)17-20(34)14-33/h13,15-16,20,25H,2-12,14,17-18H2,1H3,(H,42,43)(H,38,39,44)/t20-,25?,33+/m1/s1. The summed E-state index contributed by atoms with van der Waals surface area (Å²) in [6, 6.07) is 1.83. The number of rotatable bonds is 10. The van der Waals surface area contributed by atoms with Crippen molar-refractivity contribution in [1.82, 2.24) is 29.6 Å². The smallest absolute Gasteiger partial charge is 0.320 e. The molecule has 3 aromatic heterocycles. The first-order chi connectivity index (χ1) is 22.2. The number of pyridine rings is 1. The molecule has 46 heavy (non-hydrogen) atoms. The third kappa shape index (κ3) is 5.53. The van der Waals surface area contributed by atoms with Crippen molar-refractivity contribution in [3.05, 3.63) is 35.4 Å². The number of aliphatic carboxylic acids is 1. The van der Waals surface area contributed by atoms with Crippen molar-refractivity contribution in [3.8, 4) is 23.1 Å². The Morgan fingerprint density at radius 2 is 2.07 bits per heavy atom. The lowest BCUT2D eigenvalue weighted by atomic mass is 9.91. The van der Waals surface area contributed by atoms with Gasteiger partial charge in [-0.15, -0.1) is 0 Å². The Morgan fingerprint density at radius 3 is 2.87 bits per heavy atom. The molecule has 0 spiro atoms. The molecule has 4 aromatic rings. The van der Waals surface area contributed by atoms with E-state index < -0.39 is 29.4 Å². The molecule has 244 valence electrons. The van der Waals surface area contributed by atoms with Crippen LogP contribution in [-0.4, -0.2) is 83.8 Å². The van der Waals surface area contributed by atoms with Crippen LogP contribution in [0.1, 0.15) is 75.1 Å². The van der Waals surface area contributed by atoms with Crippen LogP contribution in [0.2, 0.25) is 0 Å². The Bertz CT molecular complexity index is 1790. The van der Waals surface area contributed by atoms with E-state index in [2.05, 4.69) is 25.0 Å². The van der Waals surface area contributed by atoms with Gasteiger partial charge >= 0.3 is 12.0 Å². The maximum absolute atomic E-state index is 16.7. The summed E-state index contributed by atoms with van der Waals surface area (Å²) in [6.07, 6.45) is 8.39. The van der Waals surface area contributed by atoms with Crippen molar-refractivity contribution in [2.75, 3.05) is 26.3 Å². The van der Waals surface area contributed by atoms with Crippen molar-refractivity contribution in [2.24, 2.45) is 0 Å². The molecule has 1 unspecified atom stereocenters. The van der Waals surface area contributed by atoms with E-state index in [-0.39, 0.29) is 41.9 Å². The molecule has 2 N–H and O–H groups in total. The number of aromatic hydroxyl groups is 1. The maximum Gasteiger partial charge on any atom is 0.320 e. The van der Waals surface area contributed by atoms with Crippen molar-refractivity contribution in [2.45, 2.75) is 89.1 Å². The third-order valence-corrected chi connectivity index (χ3v) is 9.84. The van der Waals surface area contributed by atoms with Gasteiger partial charge in [-0.25, -0.2) is 13.5 Å². The highest BCUT2D eigenvalue weighted by atomic mass is 19.1. The number of aromatic nitrogens is 5. The van der Waals surface area contributed by atoms with Crippen LogP contribution in [0.25, 0.3) is 33.1 Å². The summed E-state index contributed by atoms with van der Waals surface area (Å²) < 4.78 is 44.8. The summed E-state index contributed by atoms with van der Waals surface area (Å²) in [5.74, 6) is -2.07. The molecule has 0 bridgehead atoms. The van der Waals surface area contributed by atoms with Crippen LogP contribution in [0, 0.1) is 12.7 Å². The summed E-state index contributed by atoms with van der Waals surface area (Å²) in [6.45, 7) is 3.89. The van der Waals surface area contributed by atoms with Gasteiger partial charge < -0.3 is 19.7 Å². The minimum Gasteiger partial charge on any atom is -0.493 e. The van der Waals surface area contributed by atoms with Gasteiger partial charge in [0.05, 0.1) is 22.6 Å². The molecule has 0 radical (unpaired) electrons. The highest BCUT2D eigenvalue weighted by Crippen LogP contribution is 2.42. The number of carboxylic acids is 1. The number of nitrogens with zero attached hydrogens (tertiary/aromatic N) is 6. The molecule has 0 saturated carbocycles. The molecule has 6 heterocycles. The molecular formula is C33H38F2N6O5. The van der Waals surface area contributed by atoms with E-state index in [0.717, 1.165) is 55.3 Å². The number of unbranched alkanes of at least 4 members (excludes halogenated alkanes) is 1. The minimum absolute atomic E-state index is 0.0390. The van der Waals surface area contributed by atoms with Crippen molar-refractivity contribution in [1.29, 1.82) is 0 Å². The molecule has 11 nitrogen and oxygen atoms in total. The van der Waals surface area contributed by atoms with Gasteiger partial charge in [0.15, 0.2) is 12.0 Å². The summed E-state index contributed by atoms with van der Waals surface area (Å²) in [7, 11) is 0. The molecule has 3 saturated heterocycles. The van der Waals surface area contributed by atoms with E-state index in [1.165, 1.54) is 6.20 Å². The van der Waals surface area contributed by atoms with Gasteiger partial charge in [0.1, 0.15) is 24.0 Å². The monoisotopic (exact) mass is 636 g/mol. The van der Waals surface area contributed by atoms with Gasteiger partial charge in [0.25, 0.3) is 0 Å². The Labute approximate surface area is 264 Å². The first kappa shape index (κ1) is 30.7. The zero-order valence-electron chi connectivity index (χ0n) is 25.8. The van der Waals surface area contributed by atoms with E-state index >= 15 is 4.39 Å². The Hall–Kier alpha value is -3.97. The number of aryl methyl sites for hydroxylation is 1. The lowest BCUT2D eigenvalue weighted by molar-refractivity contribution is -0.137. The molecule has 7 rings (SSSR count). The van der Waals surface area contributed by atoms with Crippen molar-refractivity contribution < 1.29 is 33.3 Å². The van der Waals surface area contributed by atoms with Gasteiger partial charge in [-0.3, -0.25) is 14.7 Å². The summed E-state index contributed by atoms with van der Waals surface area (Å²) in [4.78, 5) is 26.2. The highest BCUT2D eigenvalue weighted by Gasteiger charge is 2.49. The second kappa shape index (κ2) is 12.3. The molecule has 3 aliphatic heterocycles. The Balaban J connectivity index is 1.30. The average Bonchev–Trinajstić information content (AvgIpc) is 3.71. The SMILES string of the molecule is Cc1cc2c(cnn2C2CCCCO2)c(-c2ncc3c(O)nc(OC[C@@]45CCCN4C[C@H](F)C5)nc3c2F)c1CCCCC(=O)O. The number of halogens is 2. The lowest BCUT2D eigenvalue weighted by Gasteiger charge is -2.30. The van der Waals surface area contributed by atoms with E-state index in [0.29, 0.717) is 49.8 Å². The Kier molecular flexibility index (Phi) is 8.22. The number of alkyl halides is 1. The van der Waals surface area contributed by atoms with Crippen LogP contribution in [0.5, 0.6) is 11.9 Å². The minimum atomic E-state index is -0.931. The fourth-order valence-electron chi connectivity index (χ4n) is 7.59. The highest BCUT2D eigenvalue weighted by molar-refractivity contribution is 5.99. The molecule has 0 aliphatic carbocycles. The van der Waals surface area contributed by atoms with Crippen molar-refractivity contribution >= 4 is 27.8 Å². The van der Waals surface area contributed by atoms with Crippen LogP contribution in [-0.2, 0) is 16.0 Å². The Morgan fingerprint density at radius 1 is 1.20 bits per heavy atom. The number of hydrogen-bond donors (Lipinski definition) is 2. The van der Waals surface area contributed by atoms with E-state index in [1.54, 1.807) is 6.20 Å². The number of hydrogen-bond acceptors (Lipinski definition) is 9. The first-order valence-corrected chi connectivity index (χ1v) is 16.1. The van der Waals surface area contributed by atoms with Gasteiger partial charge in [0, 0.05) is 43.1 Å². The van der Waals surface area contributed by atoms with E-state index in [4.69, 9.17) is 14.6 Å². The predicted octanol–water partition coefficient (Wildman–Crippen LogP) is 5.65. The normalized spacial score (nSPS) is 23.4. The number of ether oxygens (including phenoxy) is 2. The lowest BCUT2D eigenvalue weighted by Crippen LogP contribution is -2.43. The summed E-state index contributed by atoms with van der Waals surface area (Å²) in [5, 5.41) is 25.3. The van der Waals surface area contributed by atoms with Crippen LogP contribution in [0.15, 0.2) is 18.5 Å². The molecule has 3 atom stereocenters. The molecule has 3 aliphatic rings. The van der Waals surface area contributed by atoms with Crippen LogP contribution in [0.4, 0.5) is 8.78 Å². The average molecular weight is 637 g/mol. The molecule has 13 heteroatoms. The van der Waals surface area contributed by atoms with Gasteiger partial charge in [-0.05, 0) is 82.0 Å². The number of carboxylic acid groups (broad SMARTS) is 1. The number of carbonyl (C=O) groups is 1. The topological polar surface area (TPSA) is 136 Å². The number of benzene rings is 1. The molecule has 1 aromatic carbocycles. The third-order valence-electron chi connectivity index (χ3n) is 9.84. The molecule has 3 fully saturated rings. The predicted molar refractivity (Wildman–Crippen MR) is 165 cm³/mol. The van der Waals surface area contributed by atoms with Gasteiger partial charge in [-0.1, -0.05) is 0 Å². The zero-order chi connectivity index (χ0) is 32.0. The molecule has 0 amide bonds. The van der Waals surface area contributed by atoms with Gasteiger partial charge in [0.2, 0.25) is 5.88 Å². The van der Waals surface area contributed by atoms with Crippen LogP contribution >= 0.6 is 0 Å². The molecular weight excluding hydrogens is 598 g/mol. The summed E-state index contributed by atoms with van der Waals surface area (Å²) in [5.41, 5.74) is 2.51. The van der Waals surface area contributed by atoms with Crippen LogP contribution < -0.4 is 4.74 Å². The quantitative estimate of drug-likeness (QED) is 0.210. The van der Waals surface area contributed by atoms with Gasteiger partial charge in [-0.2, -0.15) is 15.1 Å². The second-order valence-corrected chi connectivity index (χ2v) is 12.9. The summed E-state index contributed by atoms with van der Waals surface area (Å²) >= 11 is 0. The first-order valence-electron chi connectivity index (χ1n) is 16.1. The fraction of sp³-hybridized carbons (Fsp3) is 0.545.